The zero-order chi connectivity index (χ0) is 11.5. The third-order valence-electron chi connectivity index (χ3n) is 2.86. The van der Waals surface area contributed by atoms with Gasteiger partial charge in [0.2, 0.25) is 0 Å². The van der Waals surface area contributed by atoms with E-state index >= 15 is 0 Å². The highest BCUT2D eigenvalue weighted by molar-refractivity contribution is 5.75. The van der Waals surface area contributed by atoms with Crippen molar-refractivity contribution in [2.24, 2.45) is 0 Å². The molecule has 2 rings (SSSR count). The number of imidazole rings is 1. The SMILES string of the molecule is CCC[C@H](O)c1nc2ccccc2n1CC. The fourth-order valence-corrected chi connectivity index (χ4v) is 2.08. The fourth-order valence-electron chi connectivity index (χ4n) is 2.08. The second-order valence-corrected chi connectivity index (χ2v) is 4.01. The first-order valence-corrected chi connectivity index (χ1v) is 5.91. The molecular formula is C13H18N2O. The number of hydrogen-bond donors (Lipinski definition) is 1. The molecule has 0 amide bonds. The molecule has 0 unspecified atom stereocenters. The van der Waals surface area contributed by atoms with E-state index in [4.69, 9.17) is 0 Å². The molecule has 1 heterocycles. The first kappa shape index (κ1) is 11.1. The van der Waals surface area contributed by atoms with Gasteiger partial charge in [-0.2, -0.15) is 0 Å². The van der Waals surface area contributed by atoms with Crippen molar-refractivity contribution in [2.75, 3.05) is 0 Å². The molecule has 16 heavy (non-hydrogen) atoms. The molecular weight excluding hydrogens is 200 g/mol. The highest BCUT2D eigenvalue weighted by Gasteiger charge is 2.15. The maximum absolute atomic E-state index is 10.1. The third-order valence-corrected chi connectivity index (χ3v) is 2.86. The van der Waals surface area contributed by atoms with Gasteiger partial charge in [0.05, 0.1) is 11.0 Å². The Hall–Kier alpha value is -1.35. The van der Waals surface area contributed by atoms with Crippen LogP contribution < -0.4 is 0 Å². The van der Waals surface area contributed by atoms with Crippen molar-refractivity contribution in [3.63, 3.8) is 0 Å². The Labute approximate surface area is 95.7 Å². The number of aliphatic hydroxyl groups is 1. The summed E-state index contributed by atoms with van der Waals surface area (Å²) in [4.78, 5) is 4.52. The van der Waals surface area contributed by atoms with Gasteiger partial charge in [-0.15, -0.1) is 0 Å². The first-order chi connectivity index (χ1) is 7.77. The summed E-state index contributed by atoms with van der Waals surface area (Å²) in [5.41, 5.74) is 2.07. The normalized spacial score (nSPS) is 13.2. The summed E-state index contributed by atoms with van der Waals surface area (Å²) in [6, 6.07) is 8.02. The number of hydrogen-bond acceptors (Lipinski definition) is 2. The van der Waals surface area contributed by atoms with E-state index in [0.717, 1.165) is 36.2 Å². The molecule has 86 valence electrons. The second kappa shape index (κ2) is 4.66. The van der Waals surface area contributed by atoms with Crippen LogP contribution in [0, 0.1) is 0 Å². The van der Waals surface area contributed by atoms with Gasteiger partial charge in [0.1, 0.15) is 11.9 Å². The number of aromatic nitrogens is 2. The molecule has 1 atom stereocenters. The molecule has 1 aromatic carbocycles. The van der Waals surface area contributed by atoms with Crippen LogP contribution in [0.5, 0.6) is 0 Å². The van der Waals surface area contributed by atoms with Crippen LogP contribution in [0.4, 0.5) is 0 Å². The van der Waals surface area contributed by atoms with Crippen LogP contribution in [0.3, 0.4) is 0 Å². The Morgan fingerprint density at radius 1 is 1.31 bits per heavy atom. The molecule has 0 bridgehead atoms. The lowest BCUT2D eigenvalue weighted by molar-refractivity contribution is 0.153. The van der Waals surface area contributed by atoms with Crippen molar-refractivity contribution in [3.05, 3.63) is 30.1 Å². The molecule has 0 aliphatic heterocycles. The van der Waals surface area contributed by atoms with Gasteiger partial charge in [0.15, 0.2) is 0 Å². The predicted octanol–water partition coefficient (Wildman–Crippen LogP) is 2.89. The van der Waals surface area contributed by atoms with Crippen LogP contribution in [0.2, 0.25) is 0 Å². The zero-order valence-corrected chi connectivity index (χ0v) is 9.85. The number of rotatable bonds is 4. The highest BCUT2D eigenvalue weighted by Crippen LogP contribution is 2.23. The summed E-state index contributed by atoms with van der Waals surface area (Å²) in [7, 11) is 0. The van der Waals surface area contributed by atoms with Crippen LogP contribution in [0.1, 0.15) is 38.6 Å². The molecule has 1 N–H and O–H groups in total. The van der Waals surface area contributed by atoms with E-state index in [0.29, 0.717) is 0 Å². The van der Waals surface area contributed by atoms with Crippen molar-refractivity contribution >= 4 is 11.0 Å². The van der Waals surface area contributed by atoms with Crippen molar-refractivity contribution in [1.29, 1.82) is 0 Å². The Morgan fingerprint density at radius 3 is 2.75 bits per heavy atom. The first-order valence-electron chi connectivity index (χ1n) is 5.91. The largest absolute Gasteiger partial charge is 0.385 e. The van der Waals surface area contributed by atoms with E-state index < -0.39 is 6.10 Å². The number of para-hydroxylation sites is 2. The Kier molecular flexibility index (Phi) is 3.25. The van der Waals surface area contributed by atoms with Gasteiger partial charge >= 0.3 is 0 Å². The Bertz CT molecular complexity index is 476. The summed E-state index contributed by atoms with van der Waals surface area (Å²) in [6.45, 7) is 5.00. The number of nitrogens with zero attached hydrogens (tertiary/aromatic N) is 2. The van der Waals surface area contributed by atoms with Crippen molar-refractivity contribution in [1.82, 2.24) is 9.55 Å². The monoisotopic (exact) mass is 218 g/mol. The fraction of sp³-hybridized carbons (Fsp3) is 0.462. The third kappa shape index (κ3) is 1.83. The van der Waals surface area contributed by atoms with E-state index in [1.54, 1.807) is 0 Å². The number of fused-ring (bicyclic) bond motifs is 1. The lowest BCUT2D eigenvalue weighted by Gasteiger charge is -2.11. The average Bonchev–Trinajstić information content (AvgIpc) is 2.67. The molecule has 1 aromatic heterocycles. The lowest BCUT2D eigenvalue weighted by Crippen LogP contribution is -2.07. The number of aliphatic hydroxyl groups excluding tert-OH is 1. The van der Waals surface area contributed by atoms with Crippen LogP contribution in [0.15, 0.2) is 24.3 Å². The molecule has 3 heteroatoms. The van der Waals surface area contributed by atoms with E-state index in [9.17, 15) is 5.11 Å². The van der Waals surface area contributed by atoms with Gasteiger partial charge < -0.3 is 9.67 Å². The maximum atomic E-state index is 10.1. The number of benzene rings is 1. The van der Waals surface area contributed by atoms with Crippen LogP contribution in [-0.4, -0.2) is 14.7 Å². The van der Waals surface area contributed by atoms with Crippen molar-refractivity contribution < 1.29 is 5.11 Å². The minimum Gasteiger partial charge on any atom is -0.385 e. The van der Waals surface area contributed by atoms with Gasteiger partial charge in [0.25, 0.3) is 0 Å². The summed E-state index contributed by atoms with van der Waals surface area (Å²) in [5, 5.41) is 10.1. The summed E-state index contributed by atoms with van der Waals surface area (Å²) in [5.74, 6) is 0.797. The molecule has 0 saturated carbocycles. The van der Waals surface area contributed by atoms with Gasteiger partial charge in [-0.3, -0.25) is 0 Å². The standard InChI is InChI=1S/C13H18N2O/c1-3-7-12(16)13-14-10-8-5-6-9-11(10)15(13)4-2/h5-6,8-9,12,16H,3-4,7H2,1-2H3/t12-/m0/s1. The average molecular weight is 218 g/mol. The Morgan fingerprint density at radius 2 is 2.06 bits per heavy atom. The van der Waals surface area contributed by atoms with E-state index in [1.807, 2.05) is 24.3 Å². The van der Waals surface area contributed by atoms with E-state index in [1.165, 1.54) is 0 Å². The number of aryl methyl sites for hydroxylation is 1. The second-order valence-electron chi connectivity index (χ2n) is 4.01. The minimum absolute atomic E-state index is 0.447. The summed E-state index contributed by atoms with van der Waals surface area (Å²) < 4.78 is 2.09. The Balaban J connectivity index is 2.51. The smallest absolute Gasteiger partial charge is 0.138 e. The van der Waals surface area contributed by atoms with Crippen molar-refractivity contribution in [3.8, 4) is 0 Å². The van der Waals surface area contributed by atoms with Crippen molar-refractivity contribution in [2.45, 2.75) is 39.3 Å². The van der Waals surface area contributed by atoms with E-state index in [-0.39, 0.29) is 0 Å². The molecule has 2 aromatic rings. The summed E-state index contributed by atoms with van der Waals surface area (Å²) >= 11 is 0. The van der Waals surface area contributed by atoms with Gasteiger partial charge in [-0.25, -0.2) is 4.98 Å². The zero-order valence-electron chi connectivity index (χ0n) is 9.85. The molecule has 0 spiro atoms. The van der Waals surface area contributed by atoms with E-state index in [2.05, 4.69) is 23.4 Å². The quantitative estimate of drug-likeness (QED) is 0.856. The van der Waals surface area contributed by atoms with Gasteiger partial charge in [-0.05, 0) is 25.5 Å². The van der Waals surface area contributed by atoms with Crippen LogP contribution >= 0.6 is 0 Å². The molecule has 0 saturated heterocycles. The molecule has 0 aliphatic rings. The maximum Gasteiger partial charge on any atom is 0.138 e. The van der Waals surface area contributed by atoms with Gasteiger partial charge in [-0.1, -0.05) is 25.5 Å². The molecule has 0 radical (unpaired) electrons. The molecule has 3 nitrogen and oxygen atoms in total. The topological polar surface area (TPSA) is 38.1 Å². The molecule has 0 fully saturated rings. The minimum atomic E-state index is -0.447. The highest BCUT2D eigenvalue weighted by atomic mass is 16.3. The van der Waals surface area contributed by atoms with Crippen LogP contribution in [-0.2, 0) is 6.54 Å². The summed E-state index contributed by atoms with van der Waals surface area (Å²) in [6.07, 6.45) is 1.29. The van der Waals surface area contributed by atoms with Gasteiger partial charge in [0, 0.05) is 6.54 Å². The lowest BCUT2D eigenvalue weighted by atomic mass is 10.2. The van der Waals surface area contributed by atoms with Crippen LogP contribution in [0.25, 0.3) is 11.0 Å². The predicted molar refractivity (Wildman–Crippen MR) is 65.3 cm³/mol. The molecule has 0 aliphatic carbocycles.